The second-order valence-corrected chi connectivity index (χ2v) is 3.49. The third-order valence-electron chi connectivity index (χ3n) is 1.99. The molecular formula is C9H17N3O4. The van der Waals surface area contributed by atoms with E-state index in [-0.39, 0.29) is 12.3 Å². The van der Waals surface area contributed by atoms with Crippen LogP contribution >= 0.6 is 0 Å². The lowest BCUT2D eigenvalue weighted by molar-refractivity contribution is -0.138. The molecule has 1 unspecified atom stereocenters. The summed E-state index contributed by atoms with van der Waals surface area (Å²) in [6.07, 6.45) is 0.385. The number of hydrogen-bond acceptors (Lipinski definition) is 3. The third kappa shape index (κ3) is 5.84. The molecule has 0 fully saturated rings. The Morgan fingerprint density at radius 3 is 2.44 bits per heavy atom. The molecule has 0 bridgehead atoms. The summed E-state index contributed by atoms with van der Waals surface area (Å²) in [5.41, 5.74) is 4.87. The number of hydrogen-bond donors (Lipinski definition) is 3. The highest BCUT2D eigenvalue weighted by Gasteiger charge is 2.18. The number of nitrogens with one attached hydrogen (secondary N) is 1. The van der Waals surface area contributed by atoms with Gasteiger partial charge < -0.3 is 21.1 Å². The Kier molecular flexibility index (Phi) is 5.91. The summed E-state index contributed by atoms with van der Waals surface area (Å²) in [6, 6.07) is -1.47. The molecule has 92 valence electrons. The van der Waals surface area contributed by atoms with Crippen LogP contribution in [0.15, 0.2) is 0 Å². The van der Waals surface area contributed by atoms with Gasteiger partial charge in [0, 0.05) is 20.0 Å². The Balaban J connectivity index is 3.97. The highest BCUT2D eigenvalue weighted by molar-refractivity contribution is 5.86. The van der Waals surface area contributed by atoms with Gasteiger partial charge in [-0.05, 0) is 13.3 Å². The lowest BCUT2D eigenvalue weighted by Gasteiger charge is -2.21. The number of carboxylic acids is 1. The topological polar surface area (TPSA) is 113 Å². The molecule has 0 aromatic rings. The van der Waals surface area contributed by atoms with Crippen LogP contribution in [-0.4, -0.2) is 47.5 Å². The van der Waals surface area contributed by atoms with Gasteiger partial charge in [-0.25, -0.2) is 4.79 Å². The quantitative estimate of drug-likeness (QED) is 0.564. The van der Waals surface area contributed by atoms with Crippen molar-refractivity contribution in [1.29, 1.82) is 0 Å². The SMILES string of the molecule is CC(NC(N)=O)C(=O)N(C)CCCC(=O)O. The van der Waals surface area contributed by atoms with Crippen molar-refractivity contribution in [3.8, 4) is 0 Å². The number of primary amides is 1. The van der Waals surface area contributed by atoms with Gasteiger partial charge in [0.2, 0.25) is 5.91 Å². The van der Waals surface area contributed by atoms with Gasteiger partial charge in [0.25, 0.3) is 0 Å². The van der Waals surface area contributed by atoms with E-state index in [1.165, 1.54) is 11.8 Å². The second kappa shape index (κ2) is 6.65. The van der Waals surface area contributed by atoms with E-state index in [2.05, 4.69) is 5.32 Å². The average molecular weight is 231 g/mol. The van der Waals surface area contributed by atoms with Gasteiger partial charge in [-0.15, -0.1) is 0 Å². The van der Waals surface area contributed by atoms with Crippen molar-refractivity contribution in [3.05, 3.63) is 0 Å². The number of carbonyl (C=O) groups excluding carboxylic acids is 2. The van der Waals surface area contributed by atoms with E-state index >= 15 is 0 Å². The Morgan fingerprint density at radius 1 is 1.44 bits per heavy atom. The Bertz CT molecular complexity index is 280. The molecule has 0 saturated carbocycles. The van der Waals surface area contributed by atoms with Crippen molar-refractivity contribution < 1.29 is 19.5 Å². The van der Waals surface area contributed by atoms with Crippen LogP contribution in [-0.2, 0) is 9.59 Å². The highest BCUT2D eigenvalue weighted by atomic mass is 16.4. The zero-order valence-electron chi connectivity index (χ0n) is 9.40. The Morgan fingerprint density at radius 2 is 2.00 bits per heavy atom. The van der Waals surface area contributed by atoms with Crippen LogP contribution in [0.25, 0.3) is 0 Å². The van der Waals surface area contributed by atoms with Crippen molar-refractivity contribution in [1.82, 2.24) is 10.2 Å². The first-order valence-electron chi connectivity index (χ1n) is 4.87. The first-order valence-corrected chi connectivity index (χ1v) is 4.87. The fraction of sp³-hybridized carbons (Fsp3) is 0.667. The summed E-state index contributed by atoms with van der Waals surface area (Å²) < 4.78 is 0. The van der Waals surface area contributed by atoms with Crippen molar-refractivity contribution in [2.75, 3.05) is 13.6 Å². The smallest absolute Gasteiger partial charge is 0.312 e. The molecule has 7 heteroatoms. The summed E-state index contributed by atoms with van der Waals surface area (Å²) in [5, 5.41) is 10.7. The summed E-state index contributed by atoms with van der Waals surface area (Å²) in [4.78, 5) is 33.7. The number of carbonyl (C=O) groups is 3. The van der Waals surface area contributed by atoms with Crippen LogP contribution in [0.1, 0.15) is 19.8 Å². The van der Waals surface area contributed by atoms with Gasteiger partial charge in [-0.2, -0.15) is 0 Å². The second-order valence-electron chi connectivity index (χ2n) is 3.49. The minimum absolute atomic E-state index is 0.00918. The monoisotopic (exact) mass is 231 g/mol. The molecule has 0 rings (SSSR count). The van der Waals surface area contributed by atoms with E-state index in [1.54, 1.807) is 7.05 Å². The first kappa shape index (κ1) is 14.2. The van der Waals surface area contributed by atoms with E-state index in [0.29, 0.717) is 13.0 Å². The van der Waals surface area contributed by atoms with Gasteiger partial charge in [-0.1, -0.05) is 0 Å². The first-order chi connectivity index (χ1) is 7.34. The molecule has 16 heavy (non-hydrogen) atoms. The van der Waals surface area contributed by atoms with E-state index in [4.69, 9.17) is 10.8 Å². The minimum atomic E-state index is -0.899. The van der Waals surface area contributed by atoms with E-state index in [1.807, 2.05) is 0 Å². The number of carboxylic acid groups (broad SMARTS) is 1. The summed E-state index contributed by atoms with van der Waals surface area (Å²) in [7, 11) is 1.54. The van der Waals surface area contributed by atoms with Gasteiger partial charge in [-0.3, -0.25) is 9.59 Å². The number of amides is 3. The molecule has 7 nitrogen and oxygen atoms in total. The lowest BCUT2D eigenvalue weighted by atomic mass is 10.2. The third-order valence-corrected chi connectivity index (χ3v) is 1.99. The molecule has 0 radical (unpaired) electrons. The molecule has 0 aromatic carbocycles. The van der Waals surface area contributed by atoms with Crippen LogP contribution in [0.2, 0.25) is 0 Å². The maximum Gasteiger partial charge on any atom is 0.312 e. The largest absolute Gasteiger partial charge is 0.481 e. The predicted molar refractivity (Wildman–Crippen MR) is 56.7 cm³/mol. The number of likely N-dealkylation sites (N-methyl/N-ethyl adjacent to an activating group) is 1. The zero-order chi connectivity index (χ0) is 12.7. The van der Waals surface area contributed by atoms with Crippen LogP contribution < -0.4 is 11.1 Å². The van der Waals surface area contributed by atoms with Gasteiger partial charge >= 0.3 is 12.0 Å². The molecule has 0 aliphatic carbocycles. The highest BCUT2D eigenvalue weighted by Crippen LogP contribution is 1.96. The summed E-state index contributed by atoms with van der Waals surface area (Å²) in [6.45, 7) is 1.84. The fourth-order valence-corrected chi connectivity index (χ4v) is 1.18. The molecule has 4 N–H and O–H groups in total. The van der Waals surface area contributed by atoms with Gasteiger partial charge in [0.1, 0.15) is 6.04 Å². The van der Waals surface area contributed by atoms with E-state index in [9.17, 15) is 14.4 Å². The molecular weight excluding hydrogens is 214 g/mol. The number of urea groups is 1. The van der Waals surface area contributed by atoms with Gasteiger partial charge in [0.15, 0.2) is 0 Å². The molecule has 3 amide bonds. The maximum absolute atomic E-state index is 11.6. The molecule has 0 aliphatic rings. The molecule has 0 spiro atoms. The summed E-state index contributed by atoms with van der Waals surface area (Å²) >= 11 is 0. The standard InChI is InChI=1S/C9H17N3O4/c1-6(11-9(10)16)8(15)12(2)5-3-4-7(13)14/h6H,3-5H2,1-2H3,(H,13,14)(H3,10,11,16). The van der Waals surface area contributed by atoms with Crippen molar-refractivity contribution in [2.24, 2.45) is 5.73 Å². The predicted octanol–water partition coefficient (Wildman–Crippen LogP) is -0.634. The summed E-state index contributed by atoms with van der Waals surface area (Å²) in [5.74, 6) is -1.20. The molecule has 0 aliphatic heterocycles. The van der Waals surface area contributed by atoms with Crippen LogP contribution in [0, 0.1) is 0 Å². The Labute approximate surface area is 93.6 Å². The maximum atomic E-state index is 11.6. The molecule has 0 heterocycles. The van der Waals surface area contributed by atoms with Gasteiger partial charge in [0.05, 0.1) is 0 Å². The zero-order valence-corrected chi connectivity index (χ0v) is 9.40. The Hall–Kier alpha value is -1.79. The fourth-order valence-electron chi connectivity index (χ4n) is 1.18. The van der Waals surface area contributed by atoms with Crippen LogP contribution in [0.3, 0.4) is 0 Å². The van der Waals surface area contributed by atoms with E-state index in [0.717, 1.165) is 0 Å². The molecule has 0 saturated heterocycles. The van der Waals surface area contributed by atoms with Crippen LogP contribution in [0.5, 0.6) is 0 Å². The van der Waals surface area contributed by atoms with Crippen molar-refractivity contribution >= 4 is 17.9 Å². The van der Waals surface area contributed by atoms with E-state index < -0.39 is 18.0 Å². The number of rotatable bonds is 6. The lowest BCUT2D eigenvalue weighted by Crippen LogP contribution is -2.47. The van der Waals surface area contributed by atoms with Crippen molar-refractivity contribution in [2.45, 2.75) is 25.8 Å². The minimum Gasteiger partial charge on any atom is -0.481 e. The van der Waals surface area contributed by atoms with Crippen LogP contribution in [0.4, 0.5) is 4.79 Å². The number of nitrogens with two attached hydrogens (primary N) is 1. The molecule has 1 atom stereocenters. The van der Waals surface area contributed by atoms with Crippen molar-refractivity contribution in [3.63, 3.8) is 0 Å². The number of aliphatic carboxylic acids is 1. The number of nitrogens with zero attached hydrogens (tertiary/aromatic N) is 1. The average Bonchev–Trinajstić information content (AvgIpc) is 2.14. The normalized spacial score (nSPS) is 11.6. The molecule has 0 aromatic heterocycles.